The molecule has 0 N–H and O–H groups in total. The van der Waals surface area contributed by atoms with E-state index in [0.717, 1.165) is 69.6 Å². The van der Waals surface area contributed by atoms with E-state index in [0.29, 0.717) is 19.3 Å². The van der Waals surface area contributed by atoms with Gasteiger partial charge in [-0.3, -0.25) is 14.4 Å². The van der Waals surface area contributed by atoms with Gasteiger partial charge >= 0.3 is 17.9 Å². The average Bonchev–Trinajstić information content (AvgIpc) is 3.29. The third kappa shape index (κ3) is 48.3. The standard InChI is InChI=1S/C58H112O6/c1-6-9-10-11-12-13-14-15-16-17-18-19-23-26-29-32-38-43-48-56(59)62-51-55(52-63-57(60)49-44-39-35-34-37-42-47-54(5)8-3)64-58(61)50-45-40-33-30-27-24-21-20-22-25-28-31-36-41-46-53(4)7-2/h53-55H,6-52H2,1-5H3/t53?,54?,55-/m0/s1. The van der Waals surface area contributed by atoms with Gasteiger partial charge in [0.25, 0.3) is 0 Å². The SMILES string of the molecule is CCCCCCCCCCCCCCCCCCCCC(=O)OC[C@@H](COC(=O)CCCCCCCCC(C)CC)OC(=O)CCCCCCCCCCCCCCCCC(C)CC. The molecule has 0 aromatic rings. The molecule has 0 radical (unpaired) electrons. The lowest BCUT2D eigenvalue weighted by Gasteiger charge is -2.18. The van der Waals surface area contributed by atoms with Gasteiger partial charge in [0.05, 0.1) is 0 Å². The monoisotopic (exact) mass is 905 g/mol. The lowest BCUT2D eigenvalue weighted by atomic mass is 9.99. The molecule has 0 fully saturated rings. The zero-order chi connectivity index (χ0) is 46.8. The second kappa shape index (κ2) is 50.8. The normalized spacial score (nSPS) is 12.9. The predicted molar refractivity (Wildman–Crippen MR) is 275 cm³/mol. The highest BCUT2D eigenvalue weighted by Crippen LogP contribution is 2.19. The average molecular weight is 906 g/mol. The molecule has 0 heterocycles. The van der Waals surface area contributed by atoms with Crippen LogP contribution in [0.25, 0.3) is 0 Å². The molecule has 0 saturated heterocycles. The Morgan fingerprint density at radius 1 is 0.312 bits per heavy atom. The van der Waals surface area contributed by atoms with Gasteiger partial charge in [-0.25, -0.2) is 0 Å². The van der Waals surface area contributed by atoms with Gasteiger partial charge in [-0.15, -0.1) is 0 Å². The molecule has 380 valence electrons. The van der Waals surface area contributed by atoms with Crippen LogP contribution < -0.4 is 0 Å². The smallest absolute Gasteiger partial charge is 0.306 e. The Bertz CT molecular complexity index is 982. The van der Waals surface area contributed by atoms with E-state index >= 15 is 0 Å². The summed E-state index contributed by atoms with van der Waals surface area (Å²) in [6.45, 7) is 11.4. The third-order valence-corrected chi connectivity index (χ3v) is 13.9. The third-order valence-electron chi connectivity index (χ3n) is 13.9. The molecule has 0 rings (SSSR count). The molecular formula is C58H112O6. The van der Waals surface area contributed by atoms with Gasteiger partial charge in [0.2, 0.25) is 0 Å². The van der Waals surface area contributed by atoms with Crippen molar-refractivity contribution in [2.24, 2.45) is 11.8 Å². The van der Waals surface area contributed by atoms with Gasteiger partial charge < -0.3 is 14.2 Å². The zero-order valence-corrected chi connectivity index (χ0v) is 43.9. The number of unbranched alkanes of at least 4 members (excludes halogenated alkanes) is 35. The molecule has 0 spiro atoms. The molecule has 0 aliphatic rings. The van der Waals surface area contributed by atoms with Gasteiger partial charge in [-0.1, -0.05) is 285 Å². The Hall–Kier alpha value is -1.59. The minimum absolute atomic E-state index is 0.0636. The number of carbonyl (C=O) groups is 3. The van der Waals surface area contributed by atoms with Crippen LogP contribution >= 0.6 is 0 Å². The van der Waals surface area contributed by atoms with E-state index in [1.54, 1.807) is 0 Å². The molecule has 0 bridgehead atoms. The van der Waals surface area contributed by atoms with Crippen molar-refractivity contribution in [3.63, 3.8) is 0 Å². The van der Waals surface area contributed by atoms with Crippen LogP contribution in [0.5, 0.6) is 0 Å². The molecule has 3 atom stereocenters. The summed E-state index contributed by atoms with van der Waals surface area (Å²) >= 11 is 0. The van der Waals surface area contributed by atoms with Crippen LogP contribution in [0.1, 0.15) is 324 Å². The van der Waals surface area contributed by atoms with E-state index in [-0.39, 0.29) is 31.1 Å². The van der Waals surface area contributed by atoms with Gasteiger partial charge in [0.15, 0.2) is 6.10 Å². The Kier molecular flexibility index (Phi) is 49.6. The highest BCUT2D eigenvalue weighted by Gasteiger charge is 2.19. The van der Waals surface area contributed by atoms with E-state index in [1.807, 2.05) is 0 Å². The van der Waals surface area contributed by atoms with Crippen LogP contribution in [0.2, 0.25) is 0 Å². The first-order chi connectivity index (χ1) is 31.3. The van der Waals surface area contributed by atoms with Crippen LogP contribution in [0.4, 0.5) is 0 Å². The Morgan fingerprint density at radius 3 is 0.812 bits per heavy atom. The van der Waals surface area contributed by atoms with E-state index in [9.17, 15) is 14.4 Å². The number of hydrogen-bond acceptors (Lipinski definition) is 6. The molecule has 2 unspecified atom stereocenters. The molecule has 0 saturated carbocycles. The highest BCUT2D eigenvalue weighted by molar-refractivity contribution is 5.71. The summed E-state index contributed by atoms with van der Waals surface area (Å²) in [7, 11) is 0. The van der Waals surface area contributed by atoms with Gasteiger partial charge in [0, 0.05) is 19.3 Å². The Labute approximate surface area is 399 Å². The fraction of sp³-hybridized carbons (Fsp3) is 0.948. The molecule has 0 aliphatic heterocycles. The van der Waals surface area contributed by atoms with Crippen LogP contribution in [-0.2, 0) is 28.6 Å². The summed E-state index contributed by atoms with van der Waals surface area (Å²) in [5, 5.41) is 0. The van der Waals surface area contributed by atoms with Crippen molar-refractivity contribution in [3.05, 3.63) is 0 Å². The Balaban J connectivity index is 4.25. The molecule has 6 nitrogen and oxygen atoms in total. The van der Waals surface area contributed by atoms with Crippen molar-refractivity contribution in [1.82, 2.24) is 0 Å². The topological polar surface area (TPSA) is 78.9 Å². The fourth-order valence-corrected chi connectivity index (χ4v) is 8.81. The maximum atomic E-state index is 12.8. The summed E-state index contributed by atoms with van der Waals surface area (Å²) in [5.74, 6) is 0.864. The molecular weight excluding hydrogens is 793 g/mol. The van der Waals surface area contributed by atoms with E-state index < -0.39 is 6.10 Å². The predicted octanol–water partition coefficient (Wildman–Crippen LogP) is 18.9. The minimum atomic E-state index is -0.763. The lowest BCUT2D eigenvalue weighted by Crippen LogP contribution is -2.30. The van der Waals surface area contributed by atoms with Gasteiger partial charge in [-0.05, 0) is 31.1 Å². The zero-order valence-electron chi connectivity index (χ0n) is 43.9. The summed E-state index contributed by atoms with van der Waals surface area (Å²) in [5.41, 5.74) is 0. The first-order valence-electron chi connectivity index (χ1n) is 28.8. The molecule has 6 heteroatoms. The van der Waals surface area contributed by atoms with Gasteiger partial charge in [0.1, 0.15) is 13.2 Å². The number of rotatable bonds is 52. The summed E-state index contributed by atoms with van der Waals surface area (Å²) in [4.78, 5) is 38.1. The van der Waals surface area contributed by atoms with Crippen LogP contribution in [0.15, 0.2) is 0 Å². The first-order valence-corrected chi connectivity index (χ1v) is 28.8. The van der Waals surface area contributed by atoms with Crippen molar-refractivity contribution in [1.29, 1.82) is 0 Å². The van der Waals surface area contributed by atoms with Gasteiger partial charge in [-0.2, -0.15) is 0 Å². The van der Waals surface area contributed by atoms with Crippen molar-refractivity contribution in [3.8, 4) is 0 Å². The van der Waals surface area contributed by atoms with Crippen LogP contribution in [-0.4, -0.2) is 37.2 Å². The van der Waals surface area contributed by atoms with Crippen LogP contribution in [0.3, 0.4) is 0 Å². The minimum Gasteiger partial charge on any atom is -0.462 e. The quantitative estimate of drug-likeness (QED) is 0.0344. The van der Waals surface area contributed by atoms with E-state index in [4.69, 9.17) is 14.2 Å². The number of esters is 3. The summed E-state index contributed by atoms with van der Waals surface area (Å²) < 4.78 is 16.9. The molecule has 0 aliphatic carbocycles. The maximum absolute atomic E-state index is 12.8. The van der Waals surface area contributed by atoms with E-state index in [1.165, 1.54) is 212 Å². The Morgan fingerprint density at radius 2 is 0.547 bits per heavy atom. The summed E-state index contributed by atoms with van der Waals surface area (Å²) in [6, 6.07) is 0. The van der Waals surface area contributed by atoms with E-state index in [2.05, 4.69) is 34.6 Å². The number of carbonyl (C=O) groups excluding carboxylic acids is 3. The van der Waals surface area contributed by atoms with Crippen molar-refractivity contribution in [2.45, 2.75) is 330 Å². The second-order valence-electron chi connectivity index (χ2n) is 20.4. The first kappa shape index (κ1) is 62.4. The van der Waals surface area contributed by atoms with Crippen molar-refractivity contribution < 1.29 is 28.6 Å². The summed E-state index contributed by atoms with van der Waals surface area (Å²) in [6.07, 6.45) is 53.8. The highest BCUT2D eigenvalue weighted by atomic mass is 16.6. The van der Waals surface area contributed by atoms with Crippen LogP contribution in [0, 0.1) is 11.8 Å². The van der Waals surface area contributed by atoms with Crippen molar-refractivity contribution in [2.75, 3.05) is 13.2 Å². The maximum Gasteiger partial charge on any atom is 0.306 e. The number of ether oxygens (including phenoxy) is 3. The molecule has 0 amide bonds. The lowest BCUT2D eigenvalue weighted by molar-refractivity contribution is -0.167. The second-order valence-corrected chi connectivity index (χ2v) is 20.4. The number of hydrogen-bond donors (Lipinski definition) is 0. The largest absolute Gasteiger partial charge is 0.462 e. The molecule has 0 aromatic heterocycles. The van der Waals surface area contributed by atoms with Crippen molar-refractivity contribution >= 4 is 17.9 Å². The molecule has 0 aromatic carbocycles. The fourth-order valence-electron chi connectivity index (χ4n) is 8.81. The molecule has 64 heavy (non-hydrogen) atoms.